The molecule has 0 saturated carbocycles. The van der Waals surface area contributed by atoms with E-state index in [1.807, 2.05) is 6.08 Å². The third-order valence-electron chi connectivity index (χ3n) is 0.821. The van der Waals surface area contributed by atoms with Crippen molar-refractivity contribution in [3.8, 4) is 0 Å². The zero-order valence-electron chi connectivity index (χ0n) is 3.94. The molecular formula is C6H6N. The van der Waals surface area contributed by atoms with E-state index in [0.717, 1.165) is 6.42 Å². The van der Waals surface area contributed by atoms with E-state index in [9.17, 15) is 0 Å². The Morgan fingerprint density at radius 3 is 2.86 bits per heavy atom. The lowest BCUT2D eigenvalue weighted by Crippen LogP contribution is -1.89. The molecule has 0 saturated heterocycles. The van der Waals surface area contributed by atoms with Crippen LogP contribution >= 0.6 is 0 Å². The molecule has 1 N–H and O–H groups in total. The number of hydrogen-bond donors (Lipinski definition) is 1. The Hall–Kier alpha value is -0.850. The average molecular weight is 92.1 g/mol. The summed E-state index contributed by atoms with van der Waals surface area (Å²) in [6, 6.07) is 0. The molecule has 0 amide bonds. The minimum absolute atomic E-state index is 0.666. The zero-order chi connectivity index (χ0) is 5.11. The van der Waals surface area contributed by atoms with Gasteiger partial charge in [0.25, 0.3) is 0 Å². The first-order valence-corrected chi connectivity index (χ1v) is 2.21. The van der Waals surface area contributed by atoms with Gasteiger partial charge in [-0.1, -0.05) is 12.2 Å². The molecule has 1 nitrogen and oxygen atoms in total. The van der Waals surface area contributed by atoms with Crippen LogP contribution in [-0.2, 0) is 0 Å². The maximum atomic E-state index is 7.03. The van der Waals surface area contributed by atoms with Gasteiger partial charge in [-0.2, -0.15) is 0 Å². The molecule has 0 aromatic rings. The van der Waals surface area contributed by atoms with E-state index in [1.165, 1.54) is 0 Å². The van der Waals surface area contributed by atoms with Gasteiger partial charge in [-0.15, -0.1) is 0 Å². The highest BCUT2D eigenvalue weighted by Gasteiger charge is 1.87. The highest BCUT2D eigenvalue weighted by Crippen LogP contribution is 1.94. The smallest absolute Gasteiger partial charge is 0.0352 e. The van der Waals surface area contributed by atoms with Crippen molar-refractivity contribution in [1.82, 2.24) is 0 Å². The van der Waals surface area contributed by atoms with Crippen molar-refractivity contribution < 1.29 is 0 Å². The Kier molecular flexibility index (Phi) is 1.07. The summed E-state index contributed by atoms with van der Waals surface area (Å²) in [5.41, 5.74) is 0.666. The second-order valence-corrected chi connectivity index (χ2v) is 1.43. The van der Waals surface area contributed by atoms with Crippen LogP contribution in [0.2, 0.25) is 0 Å². The molecule has 0 aromatic carbocycles. The Labute approximate surface area is 42.9 Å². The first-order valence-electron chi connectivity index (χ1n) is 2.21. The average Bonchev–Trinajstić information content (AvgIpc) is 1.69. The lowest BCUT2D eigenvalue weighted by Gasteiger charge is -1.92. The van der Waals surface area contributed by atoms with Crippen LogP contribution in [0.15, 0.2) is 18.2 Å². The molecule has 0 bridgehead atoms. The third-order valence-corrected chi connectivity index (χ3v) is 0.821. The highest BCUT2D eigenvalue weighted by atomic mass is 14.4. The summed E-state index contributed by atoms with van der Waals surface area (Å²) in [6.45, 7) is 0. The van der Waals surface area contributed by atoms with E-state index >= 15 is 0 Å². The van der Waals surface area contributed by atoms with Gasteiger partial charge in [0.15, 0.2) is 0 Å². The maximum Gasteiger partial charge on any atom is 0.0352 e. The molecule has 35 valence electrons. The van der Waals surface area contributed by atoms with Crippen LogP contribution in [0.4, 0.5) is 0 Å². The van der Waals surface area contributed by atoms with Gasteiger partial charge in [-0.05, 0) is 12.2 Å². The van der Waals surface area contributed by atoms with E-state index in [2.05, 4.69) is 6.08 Å². The van der Waals surface area contributed by atoms with Crippen molar-refractivity contribution in [2.45, 2.75) is 6.42 Å². The number of rotatable bonds is 0. The van der Waals surface area contributed by atoms with Crippen LogP contribution in [-0.4, -0.2) is 5.71 Å². The Morgan fingerprint density at radius 2 is 2.57 bits per heavy atom. The van der Waals surface area contributed by atoms with Crippen molar-refractivity contribution >= 4 is 5.71 Å². The lowest BCUT2D eigenvalue weighted by molar-refractivity contribution is 1.36. The summed E-state index contributed by atoms with van der Waals surface area (Å²) in [7, 11) is 0. The van der Waals surface area contributed by atoms with Crippen molar-refractivity contribution in [3.05, 3.63) is 24.3 Å². The SMILES string of the molecule is N=C1C=C[C]=CC1. The van der Waals surface area contributed by atoms with Crippen LogP contribution in [0, 0.1) is 11.5 Å². The fraction of sp³-hybridized carbons (Fsp3) is 0.167. The molecule has 0 fully saturated rings. The fourth-order valence-corrected chi connectivity index (χ4v) is 0.454. The molecule has 1 radical (unpaired) electrons. The Morgan fingerprint density at radius 1 is 1.71 bits per heavy atom. The van der Waals surface area contributed by atoms with Gasteiger partial charge in [-0.3, -0.25) is 0 Å². The molecule has 1 rings (SSSR count). The van der Waals surface area contributed by atoms with Gasteiger partial charge in [0.05, 0.1) is 0 Å². The first-order chi connectivity index (χ1) is 3.39. The number of hydrogen-bond acceptors (Lipinski definition) is 1. The molecule has 0 unspecified atom stereocenters. The van der Waals surface area contributed by atoms with Gasteiger partial charge in [0, 0.05) is 12.1 Å². The number of allylic oxidation sites excluding steroid dienone is 4. The monoisotopic (exact) mass is 92.1 g/mol. The number of nitrogens with one attached hydrogen (secondary N) is 1. The van der Waals surface area contributed by atoms with Gasteiger partial charge >= 0.3 is 0 Å². The normalized spacial score (nSPS) is 18.0. The van der Waals surface area contributed by atoms with Crippen LogP contribution in [0.1, 0.15) is 6.42 Å². The third kappa shape index (κ3) is 1.000. The summed E-state index contributed by atoms with van der Waals surface area (Å²) in [4.78, 5) is 0. The molecule has 1 aliphatic rings. The molecule has 1 heteroatoms. The maximum absolute atomic E-state index is 7.03. The quantitative estimate of drug-likeness (QED) is 0.466. The van der Waals surface area contributed by atoms with Crippen molar-refractivity contribution in [2.24, 2.45) is 0 Å². The Bertz CT molecular complexity index is 131. The minimum atomic E-state index is 0.666. The largest absolute Gasteiger partial charge is 0.305 e. The molecule has 0 aromatic heterocycles. The minimum Gasteiger partial charge on any atom is -0.305 e. The molecule has 0 spiro atoms. The predicted octanol–water partition coefficient (Wildman–Crippen LogP) is 1.33. The van der Waals surface area contributed by atoms with E-state index in [4.69, 9.17) is 5.41 Å². The van der Waals surface area contributed by atoms with Crippen LogP contribution < -0.4 is 0 Å². The highest BCUT2D eigenvalue weighted by molar-refractivity contribution is 5.94. The second-order valence-electron chi connectivity index (χ2n) is 1.43. The fourth-order valence-electron chi connectivity index (χ4n) is 0.454. The predicted molar refractivity (Wildman–Crippen MR) is 29.3 cm³/mol. The van der Waals surface area contributed by atoms with Crippen LogP contribution in [0.5, 0.6) is 0 Å². The molecule has 0 aliphatic heterocycles. The lowest BCUT2D eigenvalue weighted by atomic mass is 10.2. The molecule has 0 heterocycles. The van der Waals surface area contributed by atoms with Crippen LogP contribution in [0.3, 0.4) is 0 Å². The van der Waals surface area contributed by atoms with Gasteiger partial charge in [-0.25, -0.2) is 0 Å². The molecular weight excluding hydrogens is 86.1 g/mol. The molecule has 0 atom stereocenters. The van der Waals surface area contributed by atoms with Gasteiger partial charge in [0.1, 0.15) is 0 Å². The van der Waals surface area contributed by atoms with E-state index < -0.39 is 0 Å². The summed E-state index contributed by atoms with van der Waals surface area (Å²) >= 11 is 0. The topological polar surface area (TPSA) is 23.9 Å². The Balaban J connectivity index is 2.66. The summed E-state index contributed by atoms with van der Waals surface area (Å²) < 4.78 is 0. The second kappa shape index (κ2) is 1.73. The van der Waals surface area contributed by atoms with Crippen molar-refractivity contribution in [2.75, 3.05) is 0 Å². The standard InChI is InChI=1S/C6H6N/c7-6-4-2-1-3-5-6/h2-4,7H,5H2. The van der Waals surface area contributed by atoms with E-state index in [1.54, 1.807) is 12.2 Å². The van der Waals surface area contributed by atoms with Crippen molar-refractivity contribution in [1.29, 1.82) is 5.41 Å². The first kappa shape index (κ1) is 4.31. The summed E-state index contributed by atoms with van der Waals surface area (Å²) in [5.74, 6) is 0. The van der Waals surface area contributed by atoms with E-state index in [0.29, 0.717) is 5.71 Å². The van der Waals surface area contributed by atoms with Gasteiger partial charge < -0.3 is 5.41 Å². The molecule has 1 aliphatic carbocycles. The summed E-state index contributed by atoms with van der Waals surface area (Å²) in [6.07, 6.45) is 8.97. The van der Waals surface area contributed by atoms with E-state index in [-0.39, 0.29) is 0 Å². The van der Waals surface area contributed by atoms with Gasteiger partial charge in [0.2, 0.25) is 0 Å². The summed E-state index contributed by atoms with van der Waals surface area (Å²) in [5, 5.41) is 7.03. The molecule has 7 heavy (non-hydrogen) atoms. The van der Waals surface area contributed by atoms with Crippen LogP contribution in [0.25, 0.3) is 0 Å². The zero-order valence-corrected chi connectivity index (χ0v) is 3.94. The van der Waals surface area contributed by atoms with Crippen molar-refractivity contribution in [3.63, 3.8) is 0 Å².